The molecule has 13 heavy (non-hydrogen) atoms. The van der Waals surface area contributed by atoms with Crippen molar-refractivity contribution in [3.05, 3.63) is 24.3 Å². The lowest BCUT2D eigenvalue weighted by Crippen LogP contribution is -2.25. The maximum absolute atomic E-state index is 10.8. The fraction of sp³-hybridized carbons (Fsp3) is 0.364. The number of terminal acetylenes is 1. The van der Waals surface area contributed by atoms with Crippen molar-refractivity contribution in [2.24, 2.45) is 0 Å². The number of carbonyl (C=O) groups is 1. The van der Waals surface area contributed by atoms with Gasteiger partial charge >= 0.3 is 0 Å². The van der Waals surface area contributed by atoms with Crippen LogP contribution in [-0.2, 0) is 4.79 Å². The van der Waals surface area contributed by atoms with Crippen LogP contribution >= 0.6 is 0 Å². The van der Waals surface area contributed by atoms with E-state index in [1.54, 1.807) is 0 Å². The Morgan fingerprint density at radius 1 is 1.46 bits per heavy atom. The van der Waals surface area contributed by atoms with Crippen LogP contribution < -0.4 is 0 Å². The first-order chi connectivity index (χ1) is 6.16. The summed E-state index contributed by atoms with van der Waals surface area (Å²) in [5.41, 5.74) is -0.968. The molecule has 1 rings (SSSR count). The van der Waals surface area contributed by atoms with E-state index in [4.69, 9.17) is 6.42 Å². The number of hydrogen-bond donors (Lipinski definition) is 1. The topological polar surface area (TPSA) is 37.3 Å². The van der Waals surface area contributed by atoms with E-state index in [0.29, 0.717) is 12.8 Å². The molecule has 0 aliphatic heterocycles. The van der Waals surface area contributed by atoms with Gasteiger partial charge in [-0.25, -0.2) is 0 Å². The minimum atomic E-state index is -0.968. The molecule has 1 aliphatic carbocycles. The average Bonchev–Trinajstić information content (AvgIpc) is 2.12. The quantitative estimate of drug-likeness (QED) is 0.518. The Morgan fingerprint density at radius 2 is 2.08 bits per heavy atom. The van der Waals surface area contributed by atoms with E-state index in [9.17, 15) is 9.90 Å². The lowest BCUT2D eigenvalue weighted by Gasteiger charge is -2.21. The Labute approximate surface area is 78.0 Å². The SMILES string of the molecule is C#CCCCC1(O)C=CC(=O)C=C1. The van der Waals surface area contributed by atoms with Gasteiger partial charge in [0.1, 0.15) is 5.60 Å². The summed E-state index contributed by atoms with van der Waals surface area (Å²) >= 11 is 0. The van der Waals surface area contributed by atoms with Crippen molar-refractivity contribution in [1.82, 2.24) is 0 Å². The van der Waals surface area contributed by atoms with E-state index in [-0.39, 0.29) is 5.78 Å². The predicted molar refractivity (Wildman–Crippen MR) is 50.9 cm³/mol. The highest BCUT2D eigenvalue weighted by molar-refractivity contribution is 6.00. The van der Waals surface area contributed by atoms with Gasteiger partial charge < -0.3 is 5.11 Å². The normalized spacial score (nSPS) is 18.6. The van der Waals surface area contributed by atoms with Gasteiger partial charge in [0, 0.05) is 6.42 Å². The lowest BCUT2D eigenvalue weighted by molar-refractivity contribution is -0.110. The first kappa shape index (κ1) is 9.76. The van der Waals surface area contributed by atoms with Crippen molar-refractivity contribution in [3.63, 3.8) is 0 Å². The third-order valence-electron chi connectivity index (χ3n) is 1.97. The molecule has 0 aromatic heterocycles. The molecule has 0 radical (unpaired) electrons. The number of rotatable bonds is 3. The Balaban J connectivity index is 2.49. The van der Waals surface area contributed by atoms with Crippen LogP contribution in [0, 0.1) is 12.3 Å². The fourth-order valence-corrected chi connectivity index (χ4v) is 1.20. The summed E-state index contributed by atoms with van der Waals surface area (Å²) in [5.74, 6) is 2.43. The molecule has 0 heterocycles. The summed E-state index contributed by atoms with van der Waals surface area (Å²) in [6.45, 7) is 0. The number of unbranched alkanes of at least 4 members (excludes halogenated alkanes) is 1. The summed E-state index contributed by atoms with van der Waals surface area (Å²) in [6, 6.07) is 0. The molecule has 0 aromatic carbocycles. The Bertz CT molecular complexity index is 276. The first-order valence-electron chi connectivity index (χ1n) is 4.24. The van der Waals surface area contributed by atoms with Crippen molar-refractivity contribution in [2.45, 2.75) is 24.9 Å². The fourth-order valence-electron chi connectivity index (χ4n) is 1.20. The van der Waals surface area contributed by atoms with Crippen LogP contribution in [0.2, 0.25) is 0 Å². The Morgan fingerprint density at radius 3 is 2.62 bits per heavy atom. The van der Waals surface area contributed by atoms with E-state index in [1.807, 2.05) is 0 Å². The molecule has 0 atom stereocenters. The number of ketones is 1. The lowest BCUT2D eigenvalue weighted by atomic mass is 9.92. The molecule has 0 amide bonds. The molecular weight excluding hydrogens is 164 g/mol. The van der Waals surface area contributed by atoms with Crippen LogP contribution in [0.3, 0.4) is 0 Å². The van der Waals surface area contributed by atoms with Gasteiger partial charge in [0.15, 0.2) is 5.78 Å². The number of carbonyl (C=O) groups excluding carboxylic acids is 1. The minimum Gasteiger partial charge on any atom is -0.382 e. The molecule has 2 heteroatoms. The summed E-state index contributed by atoms with van der Waals surface area (Å²) in [7, 11) is 0. The monoisotopic (exact) mass is 176 g/mol. The Kier molecular flexibility index (Phi) is 3.05. The second-order valence-electron chi connectivity index (χ2n) is 3.12. The molecule has 0 spiro atoms. The van der Waals surface area contributed by atoms with Gasteiger partial charge in [0.05, 0.1) is 0 Å². The molecule has 1 aliphatic rings. The number of aliphatic hydroxyl groups is 1. The zero-order valence-electron chi connectivity index (χ0n) is 7.36. The van der Waals surface area contributed by atoms with Gasteiger partial charge in [0.25, 0.3) is 0 Å². The minimum absolute atomic E-state index is 0.0818. The Hall–Kier alpha value is -1.33. The molecule has 0 unspecified atom stereocenters. The average molecular weight is 176 g/mol. The molecule has 0 saturated carbocycles. The second kappa shape index (κ2) is 4.06. The van der Waals surface area contributed by atoms with Crippen LogP contribution in [0.15, 0.2) is 24.3 Å². The van der Waals surface area contributed by atoms with E-state index >= 15 is 0 Å². The molecule has 0 bridgehead atoms. The molecule has 0 fully saturated rings. The van der Waals surface area contributed by atoms with Crippen molar-refractivity contribution in [2.75, 3.05) is 0 Å². The molecule has 0 saturated heterocycles. The van der Waals surface area contributed by atoms with E-state index < -0.39 is 5.60 Å². The van der Waals surface area contributed by atoms with Gasteiger partial charge in [-0.1, -0.05) is 0 Å². The van der Waals surface area contributed by atoms with Gasteiger partial charge in [-0.2, -0.15) is 0 Å². The predicted octanol–water partition coefficient (Wildman–Crippen LogP) is 1.22. The maximum Gasteiger partial charge on any atom is 0.178 e. The van der Waals surface area contributed by atoms with E-state index in [1.165, 1.54) is 24.3 Å². The molecule has 0 aromatic rings. The van der Waals surface area contributed by atoms with Crippen molar-refractivity contribution in [3.8, 4) is 12.3 Å². The van der Waals surface area contributed by atoms with Gasteiger partial charge in [-0.3, -0.25) is 4.79 Å². The van der Waals surface area contributed by atoms with Gasteiger partial charge in [-0.05, 0) is 37.1 Å². The smallest absolute Gasteiger partial charge is 0.178 e. The molecule has 2 nitrogen and oxygen atoms in total. The third kappa shape index (κ3) is 2.89. The standard InChI is InChI=1S/C11H12O2/c1-2-3-4-7-11(13)8-5-10(12)6-9-11/h1,5-6,8-9,13H,3-4,7H2. The van der Waals surface area contributed by atoms with Crippen LogP contribution in [0.5, 0.6) is 0 Å². The second-order valence-corrected chi connectivity index (χ2v) is 3.12. The molecule has 1 N–H and O–H groups in total. The molecule has 68 valence electrons. The van der Waals surface area contributed by atoms with Crippen molar-refractivity contribution >= 4 is 5.78 Å². The number of allylic oxidation sites excluding steroid dienone is 2. The summed E-state index contributed by atoms with van der Waals surface area (Å²) < 4.78 is 0. The van der Waals surface area contributed by atoms with Crippen LogP contribution in [0.25, 0.3) is 0 Å². The first-order valence-corrected chi connectivity index (χ1v) is 4.24. The zero-order valence-corrected chi connectivity index (χ0v) is 7.36. The zero-order chi connectivity index (χ0) is 9.73. The van der Waals surface area contributed by atoms with Crippen molar-refractivity contribution in [1.29, 1.82) is 0 Å². The summed E-state index contributed by atoms with van der Waals surface area (Å²) in [4.78, 5) is 10.8. The van der Waals surface area contributed by atoms with Crippen LogP contribution in [-0.4, -0.2) is 16.5 Å². The van der Waals surface area contributed by atoms with Gasteiger partial charge in [-0.15, -0.1) is 12.3 Å². The highest BCUT2D eigenvalue weighted by Gasteiger charge is 2.21. The number of hydrogen-bond acceptors (Lipinski definition) is 2. The highest BCUT2D eigenvalue weighted by Crippen LogP contribution is 2.20. The van der Waals surface area contributed by atoms with Gasteiger partial charge in [0.2, 0.25) is 0 Å². The molecular formula is C11H12O2. The van der Waals surface area contributed by atoms with E-state index in [2.05, 4.69) is 5.92 Å². The highest BCUT2D eigenvalue weighted by atomic mass is 16.3. The van der Waals surface area contributed by atoms with Crippen LogP contribution in [0.1, 0.15) is 19.3 Å². The maximum atomic E-state index is 10.8. The summed E-state index contributed by atoms with van der Waals surface area (Å²) in [6.07, 6.45) is 12.9. The largest absolute Gasteiger partial charge is 0.382 e. The third-order valence-corrected chi connectivity index (χ3v) is 1.97. The van der Waals surface area contributed by atoms with Crippen LogP contribution in [0.4, 0.5) is 0 Å². The van der Waals surface area contributed by atoms with Crippen molar-refractivity contribution < 1.29 is 9.90 Å². The summed E-state index contributed by atoms with van der Waals surface area (Å²) in [5, 5.41) is 9.82. The van der Waals surface area contributed by atoms with E-state index in [0.717, 1.165) is 6.42 Å².